The van der Waals surface area contributed by atoms with Crippen molar-refractivity contribution in [3.8, 4) is 0 Å². The maximum Gasteiger partial charge on any atom is 0.0839 e. The average molecular weight is 258 g/mol. The molecule has 0 radical (unpaired) electrons. The van der Waals surface area contributed by atoms with E-state index in [9.17, 15) is 0 Å². The number of rotatable bonds is 11. The van der Waals surface area contributed by atoms with Crippen molar-refractivity contribution in [3.63, 3.8) is 0 Å². The topological polar surface area (TPSA) is 47.3 Å². The molecule has 0 aromatic carbocycles. The predicted molar refractivity (Wildman–Crippen MR) is 79.4 cm³/mol. The summed E-state index contributed by atoms with van der Waals surface area (Å²) in [5.74, 6) is 6.54. The minimum Gasteiger partial charge on any atom is -0.377 e. The van der Waals surface area contributed by atoms with Crippen LogP contribution in [-0.2, 0) is 4.74 Å². The van der Waals surface area contributed by atoms with E-state index < -0.39 is 0 Å². The van der Waals surface area contributed by atoms with Gasteiger partial charge in [-0.25, -0.2) is 0 Å². The van der Waals surface area contributed by atoms with Crippen molar-refractivity contribution >= 4 is 0 Å². The van der Waals surface area contributed by atoms with Crippen molar-refractivity contribution < 1.29 is 4.74 Å². The molecule has 0 aromatic heterocycles. The van der Waals surface area contributed by atoms with E-state index in [1.165, 1.54) is 25.7 Å². The summed E-state index contributed by atoms with van der Waals surface area (Å²) in [5.41, 5.74) is 2.90. The fraction of sp³-hybridized carbons (Fsp3) is 1.00. The van der Waals surface area contributed by atoms with Crippen molar-refractivity contribution in [1.29, 1.82) is 0 Å². The standard InChI is InChI=1S/C15H34N2O/c1-6-10-11-13(7-2)12-14(17-16)15(8-3,9-4)18-5/h13-14,17H,6-12,16H2,1-5H3. The van der Waals surface area contributed by atoms with Gasteiger partial charge < -0.3 is 4.74 Å². The van der Waals surface area contributed by atoms with Gasteiger partial charge in [0, 0.05) is 7.11 Å². The number of hydrogen-bond acceptors (Lipinski definition) is 3. The van der Waals surface area contributed by atoms with Gasteiger partial charge in [0.25, 0.3) is 0 Å². The zero-order valence-corrected chi connectivity index (χ0v) is 13.1. The van der Waals surface area contributed by atoms with E-state index in [0.717, 1.165) is 25.2 Å². The van der Waals surface area contributed by atoms with Crippen molar-refractivity contribution in [2.45, 2.75) is 84.3 Å². The predicted octanol–water partition coefficient (Wildman–Crippen LogP) is 3.63. The Morgan fingerprint density at radius 3 is 2.11 bits per heavy atom. The molecule has 3 heteroatoms. The van der Waals surface area contributed by atoms with Gasteiger partial charge in [-0.1, -0.05) is 53.4 Å². The highest BCUT2D eigenvalue weighted by Crippen LogP contribution is 2.30. The number of hydrogen-bond donors (Lipinski definition) is 2. The van der Waals surface area contributed by atoms with Crippen LogP contribution in [0.2, 0.25) is 0 Å². The van der Waals surface area contributed by atoms with Crippen LogP contribution < -0.4 is 11.3 Å². The first-order chi connectivity index (χ1) is 8.63. The first kappa shape index (κ1) is 17.9. The first-order valence-electron chi connectivity index (χ1n) is 7.65. The smallest absolute Gasteiger partial charge is 0.0839 e. The molecule has 0 amide bonds. The fourth-order valence-corrected chi connectivity index (χ4v) is 2.92. The third-order valence-corrected chi connectivity index (χ3v) is 4.55. The second-order valence-corrected chi connectivity index (χ2v) is 5.35. The van der Waals surface area contributed by atoms with Crippen LogP contribution in [0, 0.1) is 5.92 Å². The molecule has 110 valence electrons. The molecule has 2 unspecified atom stereocenters. The lowest BCUT2D eigenvalue weighted by atomic mass is 9.81. The Labute approximate surface area is 114 Å². The molecule has 0 aromatic rings. The molecule has 0 rings (SSSR count). The summed E-state index contributed by atoms with van der Waals surface area (Å²) in [5, 5.41) is 0. The number of unbranched alkanes of at least 4 members (excludes halogenated alkanes) is 1. The third-order valence-electron chi connectivity index (χ3n) is 4.55. The molecule has 0 aliphatic carbocycles. The summed E-state index contributed by atoms with van der Waals surface area (Å²) in [6.07, 6.45) is 8.23. The maximum absolute atomic E-state index is 5.80. The number of nitrogens with one attached hydrogen (secondary N) is 1. The van der Waals surface area contributed by atoms with Crippen LogP contribution in [0.4, 0.5) is 0 Å². The normalized spacial score (nSPS) is 15.7. The quantitative estimate of drug-likeness (QED) is 0.439. The van der Waals surface area contributed by atoms with Gasteiger partial charge in [-0.15, -0.1) is 0 Å². The summed E-state index contributed by atoms with van der Waals surface area (Å²) < 4.78 is 5.80. The molecule has 0 saturated heterocycles. The van der Waals surface area contributed by atoms with Crippen LogP contribution in [0.5, 0.6) is 0 Å². The second kappa shape index (κ2) is 9.76. The van der Waals surface area contributed by atoms with E-state index in [4.69, 9.17) is 10.6 Å². The van der Waals surface area contributed by atoms with Gasteiger partial charge in [0.05, 0.1) is 11.6 Å². The highest BCUT2D eigenvalue weighted by atomic mass is 16.5. The fourth-order valence-electron chi connectivity index (χ4n) is 2.92. The number of methoxy groups -OCH3 is 1. The van der Waals surface area contributed by atoms with E-state index in [1.54, 1.807) is 0 Å². The minimum atomic E-state index is -0.117. The summed E-state index contributed by atoms with van der Waals surface area (Å²) in [6.45, 7) is 8.90. The number of ether oxygens (including phenoxy) is 1. The van der Waals surface area contributed by atoms with Gasteiger partial charge in [0.15, 0.2) is 0 Å². The molecule has 3 nitrogen and oxygen atoms in total. The molecule has 0 aliphatic heterocycles. The zero-order chi connectivity index (χ0) is 14.0. The third kappa shape index (κ3) is 4.87. The molecule has 3 N–H and O–H groups in total. The molecule has 0 bridgehead atoms. The molecule has 0 spiro atoms. The van der Waals surface area contributed by atoms with Crippen LogP contribution in [0.15, 0.2) is 0 Å². The van der Waals surface area contributed by atoms with E-state index in [0.29, 0.717) is 0 Å². The van der Waals surface area contributed by atoms with Crippen molar-refractivity contribution in [1.82, 2.24) is 5.43 Å². The summed E-state index contributed by atoms with van der Waals surface area (Å²) in [7, 11) is 1.81. The van der Waals surface area contributed by atoms with Crippen molar-refractivity contribution in [2.75, 3.05) is 7.11 Å². The molecule has 0 aliphatic rings. The largest absolute Gasteiger partial charge is 0.377 e. The Morgan fingerprint density at radius 2 is 1.78 bits per heavy atom. The first-order valence-corrected chi connectivity index (χ1v) is 7.65. The Morgan fingerprint density at radius 1 is 1.17 bits per heavy atom. The van der Waals surface area contributed by atoms with Gasteiger partial charge in [-0.2, -0.15) is 0 Å². The second-order valence-electron chi connectivity index (χ2n) is 5.35. The summed E-state index contributed by atoms with van der Waals surface area (Å²) >= 11 is 0. The Hall–Kier alpha value is -0.120. The lowest BCUT2D eigenvalue weighted by molar-refractivity contribution is -0.0536. The van der Waals surface area contributed by atoms with Gasteiger partial charge in [0.1, 0.15) is 0 Å². The molecule has 0 heterocycles. The Bertz CT molecular complexity index is 185. The SMILES string of the molecule is CCCCC(CC)CC(NN)C(CC)(CC)OC. The van der Waals surface area contributed by atoms with Crippen molar-refractivity contribution in [2.24, 2.45) is 11.8 Å². The Balaban J connectivity index is 4.63. The van der Waals surface area contributed by atoms with Crippen LogP contribution in [0.1, 0.15) is 72.6 Å². The summed E-state index contributed by atoms with van der Waals surface area (Å²) in [6, 6.07) is 0.249. The molecule has 2 atom stereocenters. The minimum absolute atomic E-state index is 0.117. The van der Waals surface area contributed by atoms with Crippen LogP contribution in [0.3, 0.4) is 0 Å². The molecule has 18 heavy (non-hydrogen) atoms. The maximum atomic E-state index is 5.80. The van der Waals surface area contributed by atoms with Gasteiger partial charge in [-0.3, -0.25) is 11.3 Å². The van der Waals surface area contributed by atoms with Gasteiger partial charge >= 0.3 is 0 Å². The Kier molecular flexibility index (Phi) is 9.70. The monoisotopic (exact) mass is 258 g/mol. The summed E-state index contributed by atoms with van der Waals surface area (Å²) in [4.78, 5) is 0. The lowest BCUT2D eigenvalue weighted by Crippen LogP contribution is -2.54. The average Bonchev–Trinajstić information content (AvgIpc) is 2.43. The van der Waals surface area contributed by atoms with E-state index in [1.807, 2.05) is 7.11 Å². The van der Waals surface area contributed by atoms with Gasteiger partial charge in [-0.05, 0) is 25.2 Å². The van der Waals surface area contributed by atoms with Crippen molar-refractivity contribution in [3.05, 3.63) is 0 Å². The van der Waals surface area contributed by atoms with E-state index in [-0.39, 0.29) is 11.6 Å². The number of nitrogens with two attached hydrogens (primary N) is 1. The highest BCUT2D eigenvalue weighted by Gasteiger charge is 2.36. The molecule has 0 saturated carbocycles. The highest BCUT2D eigenvalue weighted by molar-refractivity contribution is 4.91. The van der Waals surface area contributed by atoms with Crippen LogP contribution >= 0.6 is 0 Å². The molecular weight excluding hydrogens is 224 g/mol. The van der Waals surface area contributed by atoms with Gasteiger partial charge in [0.2, 0.25) is 0 Å². The van der Waals surface area contributed by atoms with Crippen LogP contribution in [-0.4, -0.2) is 18.8 Å². The van der Waals surface area contributed by atoms with E-state index in [2.05, 4.69) is 33.1 Å². The van der Waals surface area contributed by atoms with E-state index >= 15 is 0 Å². The van der Waals surface area contributed by atoms with Crippen LogP contribution in [0.25, 0.3) is 0 Å². The zero-order valence-electron chi connectivity index (χ0n) is 13.1. The molecule has 0 fully saturated rings. The molecular formula is C15H34N2O. The number of hydrazine groups is 1. The lowest BCUT2D eigenvalue weighted by Gasteiger charge is -2.39.